The summed E-state index contributed by atoms with van der Waals surface area (Å²) in [6.07, 6.45) is 6.01. The van der Waals surface area contributed by atoms with Gasteiger partial charge < -0.3 is 15.4 Å². The lowest BCUT2D eigenvalue weighted by molar-refractivity contribution is -0.148. The van der Waals surface area contributed by atoms with Gasteiger partial charge in [0.2, 0.25) is 5.95 Å². The van der Waals surface area contributed by atoms with E-state index < -0.39 is 29.7 Å². The van der Waals surface area contributed by atoms with Gasteiger partial charge in [0.25, 0.3) is 0 Å². The number of H-pyrrole nitrogens is 1. The van der Waals surface area contributed by atoms with Gasteiger partial charge in [0, 0.05) is 12.2 Å². The van der Waals surface area contributed by atoms with Crippen molar-refractivity contribution in [3.63, 3.8) is 0 Å². The fourth-order valence-corrected chi connectivity index (χ4v) is 6.51. The molecule has 8 nitrogen and oxygen atoms in total. The predicted octanol–water partition coefficient (Wildman–Crippen LogP) is 5.38. The molecule has 0 aliphatic heterocycles. The molecule has 4 aromatic rings. The van der Waals surface area contributed by atoms with Crippen LogP contribution in [0.1, 0.15) is 25.7 Å². The molecular weight excluding hydrogens is 498 g/mol. The highest BCUT2D eigenvalue weighted by molar-refractivity contribution is 7.19. The van der Waals surface area contributed by atoms with Crippen molar-refractivity contribution in [2.75, 3.05) is 5.32 Å². The second kappa shape index (κ2) is 8.49. The van der Waals surface area contributed by atoms with Crippen LogP contribution < -0.4 is 5.32 Å². The highest BCUT2D eigenvalue weighted by atomic mass is 35.5. The Kier molecular flexibility index (Phi) is 5.41. The first-order valence-electron chi connectivity index (χ1n) is 11.2. The summed E-state index contributed by atoms with van der Waals surface area (Å²) in [6, 6.07) is 2.84. The molecule has 0 saturated heterocycles. The zero-order valence-electron chi connectivity index (χ0n) is 18.1. The summed E-state index contributed by atoms with van der Waals surface area (Å²) in [6.45, 7) is 0. The highest BCUT2D eigenvalue weighted by Crippen LogP contribution is 2.47. The van der Waals surface area contributed by atoms with E-state index in [4.69, 9.17) is 11.6 Å². The number of nitrogens with zero attached hydrogens (tertiary/aromatic N) is 4. The molecule has 3 saturated carbocycles. The molecule has 0 aromatic carbocycles. The smallest absolute Gasteiger partial charge is 0.308 e. The predicted molar refractivity (Wildman–Crippen MR) is 127 cm³/mol. The van der Waals surface area contributed by atoms with E-state index in [-0.39, 0.29) is 34.7 Å². The zero-order chi connectivity index (χ0) is 24.3. The van der Waals surface area contributed by atoms with Gasteiger partial charge in [-0.25, -0.2) is 24.3 Å². The molecule has 3 fully saturated rings. The van der Waals surface area contributed by atoms with Crippen LogP contribution in [0.4, 0.5) is 14.6 Å². The molecule has 35 heavy (non-hydrogen) atoms. The van der Waals surface area contributed by atoms with Crippen LogP contribution >= 0.6 is 22.9 Å². The third-order valence-electron chi connectivity index (χ3n) is 7.06. The summed E-state index contributed by atoms with van der Waals surface area (Å²) >= 11 is 7.25. The molecule has 2 atom stereocenters. The summed E-state index contributed by atoms with van der Waals surface area (Å²) in [5, 5.41) is 13.1. The van der Waals surface area contributed by atoms with Gasteiger partial charge in [0.15, 0.2) is 23.1 Å². The molecule has 3 aliphatic rings. The van der Waals surface area contributed by atoms with E-state index in [0.717, 1.165) is 43.2 Å². The van der Waals surface area contributed by atoms with E-state index in [1.54, 1.807) is 12.1 Å². The monoisotopic (exact) mass is 516 g/mol. The summed E-state index contributed by atoms with van der Waals surface area (Å²) < 4.78 is 30.1. The number of carbonyl (C=O) groups is 1. The molecule has 0 amide bonds. The quantitative estimate of drug-likeness (QED) is 0.326. The molecular formula is C23H19ClF2N6O2S. The first kappa shape index (κ1) is 22.3. The number of nitrogens with one attached hydrogen (secondary N) is 2. The van der Waals surface area contributed by atoms with Gasteiger partial charge in [-0.15, -0.1) is 11.3 Å². The minimum atomic E-state index is -0.890. The van der Waals surface area contributed by atoms with Gasteiger partial charge in [0.1, 0.15) is 11.2 Å². The van der Waals surface area contributed by atoms with Crippen molar-refractivity contribution in [2.24, 2.45) is 17.8 Å². The summed E-state index contributed by atoms with van der Waals surface area (Å²) in [5.41, 5.74) is 0.901. The number of aromatic nitrogens is 5. The molecule has 4 aromatic heterocycles. The van der Waals surface area contributed by atoms with E-state index >= 15 is 4.39 Å². The number of hydrogen-bond acceptors (Lipinski definition) is 7. The topological polar surface area (TPSA) is 117 Å². The third kappa shape index (κ3) is 3.82. The van der Waals surface area contributed by atoms with Crippen LogP contribution in [0, 0.1) is 29.5 Å². The van der Waals surface area contributed by atoms with Crippen LogP contribution in [-0.4, -0.2) is 42.0 Å². The lowest BCUT2D eigenvalue weighted by Gasteiger charge is -2.47. The van der Waals surface area contributed by atoms with Gasteiger partial charge in [-0.1, -0.05) is 11.6 Å². The number of carboxylic acid groups (broad SMARTS) is 1. The molecule has 4 heterocycles. The van der Waals surface area contributed by atoms with Crippen molar-refractivity contribution >= 4 is 45.9 Å². The average Bonchev–Trinajstić information content (AvgIpc) is 3.46. The van der Waals surface area contributed by atoms with Crippen molar-refractivity contribution in [3.8, 4) is 22.0 Å². The van der Waals surface area contributed by atoms with E-state index in [9.17, 15) is 14.3 Å². The molecule has 3 aliphatic carbocycles. The minimum Gasteiger partial charge on any atom is -0.481 e. The number of rotatable bonds is 5. The number of aromatic amines is 1. The number of aliphatic carboxylic acids is 1. The summed E-state index contributed by atoms with van der Waals surface area (Å²) in [7, 11) is 0. The van der Waals surface area contributed by atoms with Crippen LogP contribution in [0.5, 0.6) is 0 Å². The van der Waals surface area contributed by atoms with Crippen molar-refractivity contribution in [1.82, 2.24) is 24.9 Å². The van der Waals surface area contributed by atoms with E-state index in [0.29, 0.717) is 20.4 Å². The molecule has 180 valence electrons. The Morgan fingerprint density at radius 2 is 1.91 bits per heavy atom. The second-order valence-corrected chi connectivity index (χ2v) is 10.7. The first-order valence-corrected chi connectivity index (χ1v) is 12.4. The van der Waals surface area contributed by atoms with Crippen molar-refractivity contribution in [1.29, 1.82) is 0 Å². The maximum atomic E-state index is 15.8. The fourth-order valence-electron chi connectivity index (χ4n) is 5.48. The highest BCUT2D eigenvalue weighted by Gasteiger charge is 2.47. The molecule has 12 heteroatoms. The average molecular weight is 517 g/mol. The number of carboxylic acids is 1. The Morgan fingerprint density at radius 1 is 1.14 bits per heavy atom. The lowest BCUT2D eigenvalue weighted by atomic mass is 9.61. The van der Waals surface area contributed by atoms with Crippen LogP contribution in [-0.2, 0) is 4.79 Å². The van der Waals surface area contributed by atoms with Gasteiger partial charge in [-0.05, 0) is 49.7 Å². The summed E-state index contributed by atoms with van der Waals surface area (Å²) in [4.78, 5) is 32.3. The van der Waals surface area contributed by atoms with Gasteiger partial charge in [0.05, 0.1) is 26.9 Å². The fraction of sp³-hybridized carbons (Fsp3) is 0.348. The maximum absolute atomic E-state index is 15.8. The molecule has 3 N–H and O–H groups in total. The number of thiophene rings is 1. The van der Waals surface area contributed by atoms with Crippen LogP contribution in [0.25, 0.3) is 33.1 Å². The Bertz CT molecular complexity index is 1450. The Hall–Kier alpha value is -3.18. The zero-order valence-corrected chi connectivity index (χ0v) is 19.7. The van der Waals surface area contributed by atoms with Gasteiger partial charge in [-0.2, -0.15) is 4.39 Å². The second-order valence-electron chi connectivity index (χ2n) is 8.96. The Morgan fingerprint density at radius 3 is 2.63 bits per heavy atom. The van der Waals surface area contributed by atoms with Gasteiger partial charge in [-0.3, -0.25) is 4.79 Å². The Balaban J connectivity index is 1.50. The normalized spacial score (nSPS) is 23.6. The first-order chi connectivity index (χ1) is 16.9. The number of halogens is 3. The Labute approximate surface area is 206 Å². The van der Waals surface area contributed by atoms with Crippen molar-refractivity contribution < 1.29 is 18.7 Å². The van der Waals surface area contributed by atoms with E-state index in [1.807, 2.05) is 0 Å². The molecule has 7 rings (SSSR count). The molecule has 0 spiro atoms. The number of anilines is 1. The molecule has 2 bridgehead atoms. The number of hydrogen-bond donors (Lipinski definition) is 3. The van der Waals surface area contributed by atoms with Crippen LogP contribution in [0.2, 0.25) is 4.34 Å². The van der Waals surface area contributed by atoms with Crippen molar-refractivity contribution in [3.05, 3.63) is 40.6 Å². The molecule has 0 unspecified atom stereocenters. The maximum Gasteiger partial charge on any atom is 0.308 e. The third-order valence-corrected chi connectivity index (χ3v) is 8.30. The van der Waals surface area contributed by atoms with Gasteiger partial charge >= 0.3 is 5.97 Å². The van der Waals surface area contributed by atoms with Crippen LogP contribution in [0.3, 0.4) is 0 Å². The van der Waals surface area contributed by atoms with Crippen molar-refractivity contribution in [2.45, 2.75) is 31.7 Å². The lowest BCUT2D eigenvalue weighted by Crippen LogP contribution is -2.51. The SMILES string of the molecule is O=C(O)[C@H]1C2CCC(CC2)[C@@H]1Nc1nc(-c2c[nH]c3ncc(F)nc23)nc(-c2ccc(Cl)s2)c1F. The molecule has 0 radical (unpaired) electrons. The van der Waals surface area contributed by atoms with E-state index in [1.165, 1.54) is 6.20 Å². The minimum absolute atomic E-state index is 0.0148. The van der Waals surface area contributed by atoms with E-state index in [2.05, 4.69) is 30.2 Å². The summed E-state index contributed by atoms with van der Waals surface area (Å²) in [5.74, 6) is -2.84. The standard InChI is InChI=1S/C23H19ClF2N6O2S/c24-13-6-5-12(35-13)19-16(26)21(30-17-10-3-1-9(2-4-10)15(17)23(33)34)32-20(31-19)11-7-27-22-18(11)29-14(25)8-28-22/h5-10,15,17H,1-4H2,(H,27,28)(H,33,34)(H,30,31,32)/t9?,10?,15-,17-/m0/s1. The largest absolute Gasteiger partial charge is 0.481 e. The van der Waals surface area contributed by atoms with Crippen LogP contribution in [0.15, 0.2) is 24.5 Å². The number of fused-ring (bicyclic) bond motifs is 4.